The normalized spacial score (nSPS) is 16.0. The predicted octanol–water partition coefficient (Wildman–Crippen LogP) is 1.95. The molecule has 0 unspecified atom stereocenters. The molecule has 0 fully saturated rings. The van der Waals surface area contributed by atoms with E-state index in [0.717, 1.165) is 26.1 Å². The summed E-state index contributed by atoms with van der Waals surface area (Å²) in [4.78, 5) is 0. The van der Waals surface area contributed by atoms with Gasteiger partial charge in [-0.2, -0.15) is 5.10 Å². The molecule has 1 aliphatic heterocycles. The fourth-order valence-electron chi connectivity index (χ4n) is 1.80. The summed E-state index contributed by atoms with van der Waals surface area (Å²) in [5.74, 6) is 0.639. The molecule has 1 aromatic rings. The summed E-state index contributed by atoms with van der Waals surface area (Å²) >= 11 is 3.64. The number of halogens is 1. The molecule has 0 aromatic carbocycles. The molecule has 1 aliphatic rings. The largest absolute Gasteiger partial charge is 0.311 e. The molecule has 78 valence electrons. The SMILES string of the molecule is CC(C)Cn1nc2c(c1Br)CCNC2. The summed E-state index contributed by atoms with van der Waals surface area (Å²) in [5, 5.41) is 7.94. The summed E-state index contributed by atoms with van der Waals surface area (Å²) in [6.07, 6.45) is 1.09. The Morgan fingerprint density at radius 2 is 2.36 bits per heavy atom. The van der Waals surface area contributed by atoms with Crippen LogP contribution in [0, 0.1) is 5.92 Å². The molecule has 4 heteroatoms. The highest BCUT2D eigenvalue weighted by Crippen LogP contribution is 2.24. The first-order chi connectivity index (χ1) is 6.68. The molecule has 3 nitrogen and oxygen atoms in total. The molecule has 1 aromatic heterocycles. The van der Waals surface area contributed by atoms with Crippen LogP contribution >= 0.6 is 15.9 Å². The number of hydrogen-bond acceptors (Lipinski definition) is 2. The number of rotatable bonds is 2. The molecule has 14 heavy (non-hydrogen) atoms. The minimum atomic E-state index is 0.639. The number of fused-ring (bicyclic) bond motifs is 1. The third kappa shape index (κ3) is 1.86. The smallest absolute Gasteiger partial charge is 0.107 e. The Morgan fingerprint density at radius 1 is 1.57 bits per heavy atom. The van der Waals surface area contributed by atoms with Crippen molar-refractivity contribution >= 4 is 15.9 Å². The first-order valence-corrected chi connectivity index (χ1v) is 5.92. The molecule has 0 spiro atoms. The van der Waals surface area contributed by atoms with Crippen LogP contribution in [0.3, 0.4) is 0 Å². The van der Waals surface area contributed by atoms with Crippen LogP contribution in [-0.2, 0) is 19.5 Å². The van der Waals surface area contributed by atoms with E-state index in [4.69, 9.17) is 0 Å². The van der Waals surface area contributed by atoms with Crippen molar-refractivity contribution in [3.63, 3.8) is 0 Å². The summed E-state index contributed by atoms with van der Waals surface area (Å²) in [6.45, 7) is 7.41. The Hall–Kier alpha value is -0.350. The van der Waals surface area contributed by atoms with Crippen LogP contribution in [0.25, 0.3) is 0 Å². The summed E-state index contributed by atoms with van der Waals surface area (Å²) in [5.41, 5.74) is 2.60. The topological polar surface area (TPSA) is 29.9 Å². The molecule has 1 N–H and O–H groups in total. The van der Waals surface area contributed by atoms with Gasteiger partial charge in [0, 0.05) is 18.7 Å². The van der Waals surface area contributed by atoms with Gasteiger partial charge in [0.15, 0.2) is 0 Å². The summed E-state index contributed by atoms with van der Waals surface area (Å²) in [7, 11) is 0. The van der Waals surface area contributed by atoms with Crippen LogP contribution in [0.2, 0.25) is 0 Å². The zero-order chi connectivity index (χ0) is 10.1. The molecule has 0 atom stereocenters. The van der Waals surface area contributed by atoms with E-state index in [-0.39, 0.29) is 0 Å². The van der Waals surface area contributed by atoms with Gasteiger partial charge in [-0.1, -0.05) is 13.8 Å². The maximum absolute atomic E-state index is 4.60. The number of hydrogen-bond donors (Lipinski definition) is 1. The lowest BCUT2D eigenvalue weighted by atomic mass is 10.1. The highest BCUT2D eigenvalue weighted by atomic mass is 79.9. The zero-order valence-corrected chi connectivity index (χ0v) is 10.3. The van der Waals surface area contributed by atoms with Crippen molar-refractivity contribution in [1.82, 2.24) is 15.1 Å². The fraction of sp³-hybridized carbons (Fsp3) is 0.700. The summed E-state index contributed by atoms with van der Waals surface area (Å²) in [6, 6.07) is 0. The van der Waals surface area contributed by atoms with E-state index < -0.39 is 0 Å². The number of aromatic nitrogens is 2. The minimum absolute atomic E-state index is 0.639. The second-order valence-corrected chi connectivity index (χ2v) is 4.97. The van der Waals surface area contributed by atoms with Crippen LogP contribution in [0.4, 0.5) is 0 Å². The Morgan fingerprint density at radius 3 is 3.00 bits per heavy atom. The van der Waals surface area contributed by atoms with Crippen LogP contribution < -0.4 is 5.32 Å². The van der Waals surface area contributed by atoms with Crippen molar-refractivity contribution in [3.8, 4) is 0 Å². The van der Waals surface area contributed by atoms with Gasteiger partial charge >= 0.3 is 0 Å². The standard InChI is InChI=1S/C10H16BrN3/c1-7(2)6-14-10(11)8-3-4-12-5-9(8)13-14/h7,12H,3-6H2,1-2H3. The maximum Gasteiger partial charge on any atom is 0.107 e. The quantitative estimate of drug-likeness (QED) is 0.878. The molecule has 0 saturated carbocycles. The Labute approximate surface area is 93.0 Å². The van der Waals surface area contributed by atoms with Gasteiger partial charge in [0.2, 0.25) is 0 Å². The van der Waals surface area contributed by atoms with Crippen molar-refractivity contribution in [2.24, 2.45) is 5.92 Å². The highest BCUT2D eigenvalue weighted by molar-refractivity contribution is 9.10. The molecule has 2 rings (SSSR count). The first-order valence-electron chi connectivity index (χ1n) is 5.13. The predicted molar refractivity (Wildman–Crippen MR) is 60.2 cm³/mol. The Kier molecular flexibility index (Phi) is 2.93. The van der Waals surface area contributed by atoms with Crippen molar-refractivity contribution in [2.75, 3.05) is 6.54 Å². The van der Waals surface area contributed by atoms with E-state index in [1.807, 2.05) is 0 Å². The molecular weight excluding hydrogens is 242 g/mol. The van der Waals surface area contributed by atoms with E-state index in [2.05, 4.69) is 44.9 Å². The van der Waals surface area contributed by atoms with E-state index in [9.17, 15) is 0 Å². The van der Waals surface area contributed by atoms with Crippen LogP contribution in [0.5, 0.6) is 0 Å². The molecule has 0 amide bonds. The summed E-state index contributed by atoms with van der Waals surface area (Å²) < 4.78 is 3.27. The molecule has 0 saturated heterocycles. The first kappa shape index (κ1) is 10.2. The maximum atomic E-state index is 4.60. The van der Waals surface area contributed by atoms with Crippen LogP contribution in [0.1, 0.15) is 25.1 Å². The molecular formula is C10H16BrN3. The third-order valence-electron chi connectivity index (χ3n) is 2.45. The Balaban J connectivity index is 2.29. The fourth-order valence-corrected chi connectivity index (χ4v) is 2.45. The van der Waals surface area contributed by atoms with Gasteiger partial charge in [-0.05, 0) is 34.8 Å². The average Bonchev–Trinajstić information content (AvgIpc) is 2.44. The van der Waals surface area contributed by atoms with E-state index in [0.29, 0.717) is 5.92 Å². The van der Waals surface area contributed by atoms with Crippen molar-refractivity contribution in [3.05, 3.63) is 15.9 Å². The Bertz CT molecular complexity index is 330. The van der Waals surface area contributed by atoms with Gasteiger partial charge in [-0.15, -0.1) is 0 Å². The number of nitrogens with one attached hydrogen (secondary N) is 1. The lowest BCUT2D eigenvalue weighted by molar-refractivity contribution is 0.472. The van der Waals surface area contributed by atoms with Gasteiger partial charge in [-0.3, -0.25) is 4.68 Å². The van der Waals surface area contributed by atoms with E-state index in [1.54, 1.807) is 0 Å². The van der Waals surface area contributed by atoms with E-state index >= 15 is 0 Å². The van der Waals surface area contributed by atoms with Gasteiger partial charge in [0.1, 0.15) is 4.60 Å². The third-order valence-corrected chi connectivity index (χ3v) is 3.34. The minimum Gasteiger partial charge on any atom is -0.311 e. The lowest BCUT2D eigenvalue weighted by Crippen LogP contribution is -2.23. The second kappa shape index (κ2) is 4.03. The van der Waals surface area contributed by atoms with Gasteiger partial charge in [0.25, 0.3) is 0 Å². The van der Waals surface area contributed by atoms with Gasteiger partial charge in [-0.25, -0.2) is 0 Å². The molecule has 2 heterocycles. The lowest BCUT2D eigenvalue weighted by Gasteiger charge is -2.10. The van der Waals surface area contributed by atoms with Crippen molar-refractivity contribution in [2.45, 2.75) is 33.4 Å². The monoisotopic (exact) mass is 257 g/mol. The molecule has 0 bridgehead atoms. The molecule has 0 aliphatic carbocycles. The van der Waals surface area contributed by atoms with Crippen molar-refractivity contribution < 1.29 is 0 Å². The van der Waals surface area contributed by atoms with Gasteiger partial charge < -0.3 is 5.32 Å². The second-order valence-electron chi connectivity index (χ2n) is 4.22. The molecule has 0 radical (unpaired) electrons. The van der Waals surface area contributed by atoms with Crippen LogP contribution in [0.15, 0.2) is 4.60 Å². The van der Waals surface area contributed by atoms with Crippen molar-refractivity contribution in [1.29, 1.82) is 0 Å². The van der Waals surface area contributed by atoms with Gasteiger partial charge in [0.05, 0.1) is 5.69 Å². The van der Waals surface area contributed by atoms with E-state index in [1.165, 1.54) is 15.9 Å². The number of nitrogens with zero attached hydrogens (tertiary/aromatic N) is 2. The zero-order valence-electron chi connectivity index (χ0n) is 8.68. The van der Waals surface area contributed by atoms with Crippen LogP contribution in [-0.4, -0.2) is 16.3 Å². The average molecular weight is 258 g/mol. The highest BCUT2D eigenvalue weighted by Gasteiger charge is 2.18.